The summed E-state index contributed by atoms with van der Waals surface area (Å²) in [4.78, 5) is 27.8. The third-order valence-electron chi connectivity index (χ3n) is 2.58. The van der Waals surface area contributed by atoms with Crippen molar-refractivity contribution >= 4 is 60.2 Å². The van der Waals surface area contributed by atoms with Crippen molar-refractivity contribution in [2.45, 2.75) is 13.3 Å². The van der Waals surface area contributed by atoms with Crippen LogP contribution in [-0.4, -0.2) is 23.5 Å². The van der Waals surface area contributed by atoms with Crippen LogP contribution in [0.4, 0.5) is 5.13 Å². The molecule has 0 bridgehead atoms. The first-order valence-electron chi connectivity index (χ1n) is 6.36. The summed E-state index contributed by atoms with van der Waals surface area (Å²) in [6.07, 6.45) is 0.0994. The number of thiazole rings is 1. The summed E-state index contributed by atoms with van der Waals surface area (Å²) in [6.45, 7) is 2.09. The fourth-order valence-electron chi connectivity index (χ4n) is 1.64. The molecule has 1 heterocycles. The van der Waals surface area contributed by atoms with Crippen LogP contribution in [0.15, 0.2) is 32.5 Å². The molecule has 1 amide bonds. The summed E-state index contributed by atoms with van der Waals surface area (Å²) in [5.74, 6) is -0.599. The summed E-state index contributed by atoms with van der Waals surface area (Å²) in [7, 11) is 0. The number of benzene rings is 1. The normalized spacial score (nSPS) is 10.3. The molecule has 1 N–H and O–H groups in total. The second kappa shape index (κ2) is 7.85. The highest BCUT2D eigenvalue weighted by molar-refractivity contribution is 9.11. The minimum atomic E-state index is -0.332. The SMILES string of the molecule is CCOC(=O)Cc1csc(NC(=O)c2ccc(Br)cc2Br)n1. The molecule has 2 aromatic rings. The van der Waals surface area contributed by atoms with Gasteiger partial charge in [0.15, 0.2) is 5.13 Å². The summed E-state index contributed by atoms with van der Waals surface area (Å²) < 4.78 is 6.42. The van der Waals surface area contributed by atoms with Crippen molar-refractivity contribution in [3.05, 3.63) is 43.8 Å². The van der Waals surface area contributed by atoms with Crippen molar-refractivity contribution in [1.29, 1.82) is 0 Å². The lowest BCUT2D eigenvalue weighted by molar-refractivity contribution is -0.142. The molecule has 0 aliphatic carbocycles. The van der Waals surface area contributed by atoms with Crippen LogP contribution in [0.3, 0.4) is 0 Å². The van der Waals surface area contributed by atoms with E-state index in [4.69, 9.17) is 4.74 Å². The molecule has 5 nitrogen and oxygen atoms in total. The molecule has 116 valence electrons. The number of nitrogens with zero attached hydrogens (tertiary/aromatic N) is 1. The number of esters is 1. The summed E-state index contributed by atoms with van der Waals surface area (Å²) in [5, 5.41) is 4.88. The van der Waals surface area contributed by atoms with E-state index in [1.165, 1.54) is 11.3 Å². The van der Waals surface area contributed by atoms with E-state index in [-0.39, 0.29) is 18.3 Å². The largest absolute Gasteiger partial charge is 0.466 e. The smallest absolute Gasteiger partial charge is 0.311 e. The third-order valence-corrected chi connectivity index (χ3v) is 4.53. The monoisotopic (exact) mass is 446 g/mol. The molecule has 0 unspecified atom stereocenters. The third kappa shape index (κ3) is 4.62. The Morgan fingerprint density at radius 1 is 1.36 bits per heavy atom. The van der Waals surface area contributed by atoms with Gasteiger partial charge in [0.05, 0.1) is 24.3 Å². The van der Waals surface area contributed by atoms with Gasteiger partial charge in [-0.05, 0) is 41.1 Å². The van der Waals surface area contributed by atoms with Gasteiger partial charge in [0.2, 0.25) is 0 Å². The van der Waals surface area contributed by atoms with E-state index in [1.54, 1.807) is 30.5 Å². The first-order valence-corrected chi connectivity index (χ1v) is 8.82. The number of hydrogen-bond donors (Lipinski definition) is 1. The van der Waals surface area contributed by atoms with Crippen LogP contribution < -0.4 is 5.32 Å². The number of amides is 1. The lowest BCUT2D eigenvalue weighted by Gasteiger charge is -2.04. The highest BCUT2D eigenvalue weighted by atomic mass is 79.9. The van der Waals surface area contributed by atoms with Crippen LogP contribution >= 0.6 is 43.2 Å². The Kier molecular flexibility index (Phi) is 6.10. The highest BCUT2D eigenvalue weighted by Crippen LogP contribution is 2.24. The first-order chi connectivity index (χ1) is 10.5. The molecular formula is C14H12Br2N2O3S. The van der Waals surface area contributed by atoms with E-state index >= 15 is 0 Å². The number of ether oxygens (including phenoxy) is 1. The maximum atomic E-state index is 12.2. The number of carbonyl (C=O) groups is 2. The average molecular weight is 448 g/mol. The molecule has 0 aliphatic heterocycles. The zero-order valence-electron chi connectivity index (χ0n) is 11.6. The molecule has 1 aromatic heterocycles. The Bertz CT molecular complexity index is 703. The minimum Gasteiger partial charge on any atom is -0.466 e. The number of aromatic nitrogens is 1. The van der Waals surface area contributed by atoms with Gasteiger partial charge < -0.3 is 4.74 Å². The minimum absolute atomic E-state index is 0.0994. The molecule has 0 aliphatic rings. The maximum Gasteiger partial charge on any atom is 0.311 e. The van der Waals surface area contributed by atoms with Crippen LogP contribution in [0.1, 0.15) is 23.0 Å². The van der Waals surface area contributed by atoms with Crippen molar-refractivity contribution in [3.63, 3.8) is 0 Å². The molecule has 2 rings (SSSR count). The molecule has 0 saturated heterocycles. The van der Waals surface area contributed by atoms with E-state index in [2.05, 4.69) is 42.2 Å². The summed E-state index contributed by atoms with van der Waals surface area (Å²) in [6, 6.07) is 5.29. The van der Waals surface area contributed by atoms with Gasteiger partial charge in [-0.2, -0.15) is 0 Å². The number of anilines is 1. The van der Waals surface area contributed by atoms with Gasteiger partial charge in [-0.25, -0.2) is 4.98 Å². The van der Waals surface area contributed by atoms with Crippen molar-refractivity contribution in [2.75, 3.05) is 11.9 Å². The van der Waals surface area contributed by atoms with Crippen LogP contribution in [0.2, 0.25) is 0 Å². The van der Waals surface area contributed by atoms with E-state index in [0.29, 0.717) is 27.5 Å². The zero-order valence-corrected chi connectivity index (χ0v) is 15.5. The molecule has 0 saturated carbocycles. The number of carbonyl (C=O) groups excluding carboxylic acids is 2. The van der Waals surface area contributed by atoms with Gasteiger partial charge in [-0.15, -0.1) is 11.3 Å². The highest BCUT2D eigenvalue weighted by Gasteiger charge is 2.14. The van der Waals surface area contributed by atoms with Gasteiger partial charge in [0.25, 0.3) is 5.91 Å². The summed E-state index contributed by atoms with van der Waals surface area (Å²) in [5.41, 5.74) is 1.08. The molecule has 0 atom stereocenters. The number of nitrogens with one attached hydrogen (secondary N) is 1. The second-order valence-electron chi connectivity index (χ2n) is 4.20. The molecular weight excluding hydrogens is 436 g/mol. The predicted molar refractivity (Wildman–Crippen MR) is 92.2 cm³/mol. The van der Waals surface area contributed by atoms with Crippen LogP contribution in [0.25, 0.3) is 0 Å². The number of rotatable bonds is 5. The molecule has 0 fully saturated rings. The fourth-order valence-corrected chi connectivity index (χ4v) is 3.58. The standard InChI is InChI=1S/C14H12Br2N2O3S/c1-2-21-12(19)6-9-7-22-14(17-9)18-13(20)10-4-3-8(15)5-11(10)16/h3-5,7H,2,6H2,1H3,(H,17,18,20). The van der Waals surface area contributed by atoms with E-state index in [1.807, 2.05) is 0 Å². The van der Waals surface area contributed by atoms with Crippen molar-refractivity contribution in [3.8, 4) is 0 Å². The predicted octanol–water partition coefficient (Wildman–Crippen LogP) is 4.03. The van der Waals surface area contributed by atoms with Gasteiger partial charge in [-0.3, -0.25) is 14.9 Å². The Morgan fingerprint density at radius 3 is 2.82 bits per heavy atom. The lowest BCUT2D eigenvalue weighted by Crippen LogP contribution is -2.13. The molecule has 1 aromatic carbocycles. The molecule has 0 spiro atoms. The van der Waals surface area contributed by atoms with Crippen molar-refractivity contribution < 1.29 is 14.3 Å². The second-order valence-corrected chi connectivity index (χ2v) is 6.83. The maximum absolute atomic E-state index is 12.2. The zero-order chi connectivity index (χ0) is 16.1. The molecule has 0 radical (unpaired) electrons. The van der Waals surface area contributed by atoms with Gasteiger partial charge in [0, 0.05) is 14.3 Å². The number of halogens is 2. The van der Waals surface area contributed by atoms with Crippen molar-refractivity contribution in [1.82, 2.24) is 4.98 Å². The Balaban J connectivity index is 2.03. The topological polar surface area (TPSA) is 68.3 Å². The average Bonchev–Trinajstić information content (AvgIpc) is 2.85. The Morgan fingerprint density at radius 2 is 2.14 bits per heavy atom. The van der Waals surface area contributed by atoms with E-state index in [9.17, 15) is 9.59 Å². The number of hydrogen-bond acceptors (Lipinski definition) is 5. The van der Waals surface area contributed by atoms with Gasteiger partial charge >= 0.3 is 5.97 Å². The van der Waals surface area contributed by atoms with Crippen LogP contribution in [-0.2, 0) is 16.0 Å². The Labute approximate surface area is 148 Å². The van der Waals surface area contributed by atoms with Crippen LogP contribution in [0.5, 0.6) is 0 Å². The summed E-state index contributed by atoms with van der Waals surface area (Å²) >= 11 is 7.95. The fraction of sp³-hybridized carbons (Fsp3) is 0.214. The molecule has 22 heavy (non-hydrogen) atoms. The lowest BCUT2D eigenvalue weighted by atomic mass is 10.2. The first kappa shape index (κ1) is 17.1. The van der Waals surface area contributed by atoms with Gasteiger partial charge in [0.1, 0.15) is 0 Å². The van der Waals surface area contributed by atoms with Gasteiger partial charge in [-0.1, -0.05) is 15.9 Å². The van der Waals surface area contributed by atoms with Crippen molar-refractivity contribution in [2.24, 2.45) is 0 Å². The van der Waals surface area contributed by atoms with E-state index < -0.39 is 0 Å². The van der Waals surface area contributed by atoms with Crippen LogP contribution in [0, 0.1) is 0 Å². The Hall–Kier alpha value is -1.25. The quantitative estimate of drug-likeness (QED) is 0.702. The molecule has 8 heteroatoms. The van der Waals surface area contributed by atoms with E-state index in [0.717, 1.165) is 4.47 Å².